The molecule has 18 heavy (non-hydrogen) atoms. The molecule has 0 spiro atoms. The Balaban J connectivity index is 2.87. The molecule has 1 aromatic carbocycles. The van der Waals surface area contributed by atoms with E-state index < -0.39 is 0 Å². The van der Waals surface area contributed by atoms with Crippen molar-refractivity contribution in [3.8, 4) is 11.5 Å². The topological polar surface area (TPSA) is 33.7 Å². The number of rotatable bonds is 5. The van der Waals surface area contributed by atoms with E-state index >= 15 is 0 Å². The Morgan fingerprint density at radius 3 is 2.44 bits per heavy atom. The first-order chi connectivity index (χ1) is 8.65. The zero-order chi connectivity index (χ0) is 13.5. The van der Waals surface area contributed by atoms with Gasteiger partial charge in [-0.1, -0.05) is 6.07 Å². The van der Waals surface area contributed by atoms with E-state index in [2.05, 4.69) is 17.1 Å². The molecule has 0 aliphatic heterocycles. The molecule has 1 N–H and O–H groups in total. The molecule has 4 nitrogen and oxygen atoms in total. The van der Waals surface area contributed by atoms with Crippen molar-refractivity contribution in [3.05, 3.63) is 23.8 Å². The maximum atomic E-state index is 5.29. The lowest BCUT2D eigenvalue weighted by Crippen LogP contribution is -2.37. The molecule has 0 aliphatic carbocycles. The maximum Gasteiger partial charge on any atom is 0.168 e. The summed E-state index contributed by atoms with van der Waals surface area (Å²) >= 11 is 5.24. The molecule has 0 bridgehead atoms. The zero-order valence-corrected chi connectivity index (χ0v) is 12.1. The van der Waals surface area contributed by atoms with E-state index in [-0.39, 0.29) is 0 Å². The van der Waals surface area contributed by atoms with E-state index in [1.807, 2.05) is 25.2 Å². The highest BCUT2D eigenvalue weighted by atomic mass is 32.1. The molecule has 0 heterocycles. The summed E-state index contributed by atoms with van der Waals surface area (Å²) in [6.45, 7) is 3.68. The largest absolute Gasteiger partial charge is 0.493 e. The summed E-state index contributed by atoms with van der Waals surface area (Å²) in [7, 11) is 5.10. The van der Waals surface area contributed by atoms with Gasteiger partial charge in [-0.3, -0.25) is 0 Å². The van der Waals surface area contributed by atoms with Crippen molar-refractivity contribution >= 4 is 17.3 Å². The van der Waals surface area contributed by atoms with E-state index in [0.29, 0.717) is 0 Å². The second-order valence-electron chi connectivity index (χ2n) is 3.76. The SMILES string of the molecule is CCN(Cc1ccc(OC)c(OC)c1)C(=S)NC. The summed E-state index contributed by atoms with van der Waals surface area (Å²) in [4.78, 5) is 2.08. The molecule has 0 saturated carbocycles. The number of nitrogens with zero attached hydrogens (tertiary/aromatic N) is 1. The van der Waals surface area contributed by atoms with Crippen molar-refractivity contribution in [2.75, 3.05) is 27.8 Å². The van der Waals surface area contributed by atoms with Gasteiger partial charge in [-0.2, -0.15) is 0 Å². The summed E-state index contributed by atoms with van der Waals surface area (Å²) in [5, 5.41) is 3.73. The van der Waals surface area contributed by atoms with Gasteiger partial charge in [-0.05, 0) is 36.8 Å². The Morgan fingerprint density at radius 1 is 1.28 bits per heavy atom. The fraction of sp³-hybridized carbons (Fsp3) is 0.462. The van der Waals surface area contributed by atoms with E-state index in [4.69, 9.17) is 21.7 Å². The van der Waals surface area contributed by atoms with Crippen LogP contribution < -0.4 is 14.8 Å². The highest BCUT2D eigenvalue weighted by Gasteiger charge is 2.09. The van der Waals surface area contributed by atoms with Crippen LogP contribution in [0.4, 0.5) is 0 Å². The minimum absolute atomic E-state index is 0.737. The fourth-order valence-electron chi connectivity index (χ4n) is 1.68. The first-order valence-electron chi connectivity index (χ1n) is 5.83. The number of thiocarbonyl (C=S) groups is 1. The van der Waals surface area contributed by atoms with Crippen LogP contribution in [0.1, 0.15) is 12.5 Å². The van der Waals surface area contributed by atoms with E-state index in [1.165, 1.54) is 0 Å². The highest BCUT2D eigenvalue weighted by molar-refractivity contribution is 7.80. The number of methoxy groups -OCH3 is 2. The van der Waals surface area contributed by atoms with Crippen molar-refractivity contribution in [1.82, 2.24) is 10.2 Å². The van der Waals surface area contributed by atoms with Gasteiger partial charge in [0.05, 0.1) is 14.2 Å². The van der Waals surface area contributed by atoms with Crippen LogP contribution in [0.25, 0.3) is 0 Å². The van der Waals surface area contributed by atoms with Gasteiger partial charge in [0.1, 0.15) is 0 Å². The van der Waals surface area contributed by atoms with Crippen molar-refractivity contribution in [3.63, 3.8) is 0 Å². The average Bonchev–Trinajstić information content (AvgIpc) is 2.43. The summed E-state index contributed by atoms with van der Waals surface area (Å²) in [5.41, 5.74) is 1.13. The molecule has 5 heteroatoms. The Labute approximate surface area is 114 Å². The third-order valence-electron chi connectivity index (χ3n) is 2.70. The third-order valence-corrected chi connectivity index (χ3v) is 3.17. The second-order valence-corrected chi connectivity index (χ2v) is 4.15. The summed E-state index contributed by atoms with van der Waals surface area (Å²) in [6.07, 6.45) is 0. The van der Waals surface area contributed by atoms with E-state index in [0.717, 1.165) is 35.3 Å². The lowest BCUT2D eigenvalue weighted by molar-refractivity contribution is 0.353. The van der Waals surface area contributed by atoms with Crippen LogP contribution in [-0.2, 0) is 6.54 Å². The number of benzene rings is 1. The van der Waals surface area contributed by atoms with Crippen LogP contribution in [0.5, 0.6) is 11.5 Å². The standard InChI is InChI=1S/C13H20N2O2S/c1-5-15(13(18)14-2)9-10-6-7-11(16-3)12(8-10)17-4/h6-8H,5,9H2,1-4H3,(H,14,18). The number of hydrogen-bond donors (Lipinski definition) is 1. The first-order valence-corrected chi connectivity index (χ1v) is 6.24. The van der Waals surface area contributed by atoms with Crippen molar-refractivity contribution in [2.24, 2.45) is 0 Å². The highest BCUT2D eigenvalue weighted by Crippen LogP contribution is 2.27. The van der Waals surface area contributed by atoms with Crippen LogP contribution in [0.2, 0.25) is 0 Å². The average molecular weight is 268 g/mol. The molecule has 0 atom stereocenters. The molecule has 100 valence electrons. The van der Waals surface area contributed by atoms with Gasteiger partial charge in [-0.15, -0.1) is 0 Å². The van der Waals surface area contributed by atoms with Gasteiger partial charge in [0.25, 0.3) is 0 Å². The van der Waals surface area contributed by atoms with Gasteiger partial charge in [0.15, 0.2) is 16.6 Å². The monoisotopic (exact) mass is 268 g/mol. The molecule has 0 amide bonds. The van der Waals surface area contributed by atoms with Crippen LogP contribution >= 0.6 is 12.2 Å². The van der Waals surface area contributed by atoms with Crippen LogP contribution in [0.15, 0.2) is 18.2 Å². The van der Waals surface area contributed by atoms with Gasteiger partial charge < -0.3 is 19.7 Å². The molecule has 0 radical (unpaired) electrons. The van der Waals surface area contributed by atoms with Crippen LogP contribution in [0.3, 0.4) is 0 Å². The van der Waals surface area contributed by atoms with Gasteiger partial charge in [0.2, 0.25) is 0 Å². The van der Waals surface area contributed by atoms with Crippen molar-refractivity contribution in [2.45, 2.75) is 13.5 Å². The molecule has 0 aliphatic rings. The molecule has 0 fully saturated rings. The third kappa shape index (κ3) is 3.50. The minimum Gasteiger partial charge on any atom is -0.493 e. The molecular weight excluding hydrogens is 248 g/mol. The summed E-state index contributed by atoms with van der Waals surface area (Å²) < 4.78 is 10.5. The number of ether oxygens (including phenoxy) is 2. The molecule has 0 unspecified atom stereocenters. The number of hydrogen-bond acceptors (Lipinski definition) is 3. The normalized spacial score (nSPS) is 9.78. The zero-order valence-electron chi connectivity index (χ0n) is 11.3. The number of nitrogens with one attached hydrogen (secondary N) is 1. The molecule has 0 aromatic heterocycles. The van der Waals surface area contributed by atoms with Crippen LogP contribution in [0, 0.1) is 0 Å². The van der Waals surface area contributed by atoms with Crippen molar-refractivity contribution in [1.29, 1.82) is 0 Å². The molecule has 0 saturated heterocycles. The Bertz CT molecular complexity index is 410. The maximum absolute atomic E-state index is 5.29. The lowest BCUT2D eigenvalue weighted by atomic mass is 10.2. The van der Waals surface area contributed by atoms with Crippen molar-refractivity contribution < 1.29 is 9.47 Å². The predicted octanol–water partition coefficient (Wildman–Crippen LogP) is 2.03. The minimum atomic E-state index is 0.737. The van der Waals surface area contributed by atoms with E-state index in [1.54, 1.807) is 14.2 Å². The Kier molecular flexibility index (Phi) is 5.71. The second kappa shape index (κ2) is 7.06. The quantitative estimate of drug-likeness (QED) is 0.826. The van der Waals surface area contributed by atoms with Crippen LogP contribution in [-0.4, -0.2) is 37.8 Å². The lowest BCUT2D eigenvalue weighted by Gasteiger charge is -2.23. The Morgan fingerprint density at radius 2 is 1.94 bits per heavy atom. The van der Waals surface area contributed by atoms with Gasteiger partial charge in [-0.25, -0.2) is 0 Å². The van der Waals surface area contributed by atoms with E-state index in [9.17, 15) is 0 Å². The summed E-state index contributed by atoms with van der Waals surface area (Å²) in [6, 6.07) is 5.90. The first kappa shape index (κ1) is 14.6. The summed E-state index contributed by atoms with van der Waals surface area (Å²) in [5.74, 6) is 1.47. The molecular formula is C13H20N2O2S. The predicted molar refractivity (Wildman–Crippen MR) is 77.3 cm³/mol. The Hall–Kier alpha value is -1.49. The molecule has 1 rings (SSSR count). The smallest absolute Gasteiger partial charge is 0.168 e. The fourth-order valence-corrected chi connectivity index (χ4v) is 1.88. The van der Waals surface area contributed by atoms with Gasteiger partial charge in [0, 0.05) is 20.1 Å². The van der Waals surface area contributed by atoms with Gasteiger partial charge >= 0.3 is 0 Å². The molecule has 1 aromatic rings.